The number of aromatic nitrogens is 1. The fraction of sp³-hybridized carbons (Fsp3) is 0.304. The normalized spacial score (nSPS) is 21.6. The molecule has 2 aliphatic rings. The molecule has 4 nitrogen and oxygen atoms in total. The molecule has 0 N–H and O–H groups in total. The topological polar surface area (TPSA) is 37.6 Å². The van der Waals surface area contributed by atoms with Gasteiger partial charge in [-0.05, 0) is 60.3 Å². The minimum absolute atomic E-state index is 0.105. The van der Waals surface area contributed by atoms with Crippen LogP contribution < -0.4 is 0 Å². The maximum Gasteiger partial charge on any atom is 0.272 e. The predicted molar refractivity (Wildman–Crippen MR) is 111 cm³/mol. The molecule has 148 valence electrons. The molecule has 5 rings (SSSR count). The first-order valence-electron chi connectivity index (χ1n) is 9.89. The number of para-hydroxylation sites is 1. The second kappa shape index (κ2) is 6.88. The first kappa shape index (κ1) is 18.2. The Hall–Kier alpha value is -2.86. The first-order valence-corrected chi connectivity index (χ1v) is 9.89. The van der Waals surface area contributed by atoms with E-state index < -0.39 is 5.92 Å². The van der Waals surface area contributed by atoms with E-state index in [9.17, 15) is 13.7 Å². The zero-order valence-electron chi connectivity index (χ0n) is 15.9. The number of nitrogens with zero attached hydrogens (tertiary/aromatic N) is 3. The molecule has 1 unspecified atom stereocenters. The van der Waals surface area contributed by atoms with Crippen molar-refractivity contribution in [2.45, 2.75) is 31.2 Å². The number of halogens is 2. The van der Waals surface area contributed by atoms with Crippen LogP contribution in [0.1, 0.15) is 24.8 Å². The van der Waals surface area contributed by atoms with Gasteiger partial charge in [-0.3, -0.25) is 4.90 Å². The number of rotatable bonds is 4. The average Bonchev–Trinajstić information content (AvgIpc) is 3.12. The van der Waals surface area contributed by atoms with E-state index in [0.29, 0.717) is 5.69 Å². The molecule has 29 heavy (non-hydrogen) atoms. The lowest BCUT2D eigenvalue weighted by molar-refractivity contribution is -0.146. The number of benzene rings is 2. The third-order valence-corrected chi connectivity index (χ3v) is 6.06. The van der Waals surface area contributed by atoms with Gasteiger partial charge in [-0.1, -0.05) is 24.3 Å². The Bertz CT molecular complexity index is 1090. The molecule has 0 spiro atoms. The van der Waals surface area contributed by atoms with E-state index in [0.717, 1.165) is 30.5 Å². The summed E-state index contributed by atoms with van der Waals surface area (Å²) >= 11 is 0. The third-order valence-electron chi connectivity index (χ3n) is 6.06. The van der Waals surface area contributed by atoms with Crippen molar-refractivity contribution in [2.24, 2.45) is 5.18 Å². The van der Waals surface area contributed by atoms with E-state index in [1.807, 2.05) is 29.2 Å². The lowest BCUT2D eigenvalue weighted by Gasteiger charge is -2.44. The highest BCUT2D eigenvalue weighted by Crippen LogP contribution is 2.38. The quantitative estimate of drug-likeness (QED) is 0.516. The molecule has 2 aromatic carbocycles. The zero-order chi connectivity index (χ0) is 20.0. The Morgan fingerprint density at radius 1 is 1.03 bits per heavy atom. The van der Waals surface area contributed by atoms with Crippen LogP contribution >= 0.6 is 0 Å². The van der Waals surface area contributed by atoms with Gasteiger partial charge < -0.3 is 4.57 Å². The molecule has 1 atom stereocenters. The van der Waals surface area contributed by atoms with Gasteiger partial charge in [0.25, 0.3) is 5.92 Å². The number of fused-ring (bicyclic) bond motifs is 1. The van der Waals surface area contributed by atoms with Crippen LogP contribution in [-0.2, 0) is 0 Å². The molecular weight excluding hydrogens is 372 g/mol. The summed E-state index contributed by atoms with van der Waals surface area (Å²) in [6, 6.07) is 15.7. The lowest BCUT2D eigenvalue weighted by Crippen LogP contribution is -2.60. The third kappa shape index (κ3) is 3.27. The maximum atomic E-state index is 13.2. The molecular formula is C23H21F2N3O. The summed E-state index contributed by atoms with van der Waals surface area (Å²) in [5.41, 5.74) is 4.93. The van der Waals surface area contributed by atoms with Gasteiger partial charge in [0, 0.05) is 28.9 Å². The van der Waals surface area contributed by atoms with E-state index in [2.05, 4.69) is 34.1 Å². The van der Waals surface area contributed by atoms with Gasteiger partial charge in [0.2, 0.25) is 0 Å². The van der Waals surface area contributed by atoms with Crippen LogP contribution in [-0.4, -0.2) is 34.5 Å². The van der Waals surface area contributed by atoms with Crippen LogP contribution in [0.4, 0.5) is 14.5 Å². The van der Waals surface area contributed by atoms with E-state index in [1.165, 1.54) is 16.5 Å². The van der Waals surface area contributed by atoms with Gasteiger partial charge in [0.15, 0.2) is 0 Å². The molecule has 0 bridgehead atoms. The van der Waals surface area contributed by atoms with Gasteiger partial charge in [0.1, 0.15) is 5.69 Å². The summed E-state index contributed by atoms with van der Waals surface area (Å²) in [7, 11) is 0. The van der Waals surface area contributed by atoms with Crippen molar-refractivity contribution < 1.29 is 8.78 Å². The maximum absolute atomic E-state index is 13.2. The standard InChI is InChI=1S/C23H21F2N3O/c24-23(25)14-27(15-23)18-9-5-16(6-10-18)21-13-28(22-4-2-1-3-20(21)22)19-11-7-17(26-29)8-12-19/h1-5,7-8,11-13,18H,6,9-10,14-15H2. The number of nitroso groups, excluding NO2 is 1. The van der Waals surface area contributed by atoms with E-state index in [1.54, 1.807) is 12.1 Å². The summed E-state index contributed by atoms with van der Waals surface area (Å²) in [5.74, 6) is -2.51. The minimum Gasteiger partial charge on any atom is -0.316 e. The summed E-state index contributed by atoms with van der Waals surface area (Å²) in [4.78, 5) is 12.6. The Morgan fingerprint density at radius 3 is 2.45 bits per heavy atom. The highest BCUT2D eigenvalue weighted by atomic mass is 19.3. The second-order valence-electron chi connectivity index (χ2n) is 7.96. The van der Waals surface area contributed by atoms with Gasteiger partial charge in [0.05, 0.1) is 18.6 Å². The number of hydrogen-bond donors (Lipinski definition) is 0. The zero-order valence-corrected chi connectivity index (χ0v) is 15.9. The summed E-state index contributed by atoms with van der Waals surface area (Å²) in [5, 5.41) is 4.14. The van der Waals surface area contributed by atoms with E-state index in [4.69, 9.17) is 0 Å². The summed E-state index contributed by atoms with van der Waals surface area (Å²) in [6.07, 6.45) is 6.95. The van der Waals surface area contributed by atoms with E-state index in [-0.39, 0.29) is 19.1 Å². The van der Waals surface area contributed by atoms with Crippen molar-refractivity contribution in [3.8, 4) is 5.69 Å². The smallest absolute Gasteiger partial charge is 0.272 e. The highest BCUT2D eigenvalue weighted by Gasteiger charge is 2.46. The molecule has 1 aromatic heterocycles. The van der Waals surface area contributed by atoms with Crippen molar-refractivity contribution in [1.82, 2.24) is 9.47 Å². The SMILES string of the molecule is O=Nc1ccc(-n2cc(C3=CCC(N4CC(F)(F)C4)CC3)c3ccccc32)cc1. The predicted octanol–water partition coefficient (Wildman–Crippen LogP) is 5.92. The highest BCUT2D eigenvalue weighted by molar-refractivity contribution is 5.94. The van der Waals surface area contributed by atoms with Crippen LogP contribution in [0.3, 0.4) is 0 Å². The molecule has 1 saturated heterocycles. The molecule has 2 heterocycles. The number of allylic oxidation sites excluding steroid dienone is 1. The molecule has 1 fully saturated rings. The first-order chi connectivity index (χ1) is 14.0. The van der Waals surface area contributed by atoms with Crippen LogP contribution in [0.2, 0.25) is 0 Å². The average molecular weight is 393 g/mol. The fourth-order valence-corrected chi connectivity index (χ4v) is 4.53. The van der Waals surface area contributed by atoms with Gasteiger partial charge in [-0.15, -0.1) is 4.91 Å². The molecule has 3 aromatic rings. The van der Waals surface area contributed by atoms with Crippen LogP contribution in [0.25, 0.3) is 22.2 Å². The van der Waals surface area contributed by atoms with Crippen molar-refractivity contribution in [3.63, 3.8) is 0 Å². The summed E-state index contributed by atoms with van der Waals surface area (Å²) < 4.78 is 28.5. The largest absolute Gasteiger partial charge is 0.316 e. The van der Waals surface area contributed by atoms with Crippen LogP contribution in [0, 0.1) is 4.91 Å². The Balaban J connectivity index is 1.46. The monoisotopic (exact) mass is 393 g/mol. The van der Waals surface area contributed by atoms with Gasteiger partial charge in [-0.25, -0.2) is 8.78 Å². The molecule has 0 amide bonds. The Morgan fingerprint density at radius 2 is 1.79 bits per heavy atom. The van der Waals surface area contributed by atoms with E-state index >= 15 is 0 Å². The minimum atomic E-state index is -2.51. The second-order valence-corrected chi connectivity index (χ2v) is 7.96. The molecule has 6 heteroatoms. The number of alkyl halides is 2. The van der Waals surface area contributed by atoms with Crippen LogP contribution in [0.15, 0.2) is 66.0 Å². The van der Waals surface area contributed by atoms with Crippen molar-refractivity contribution in [3.05, 3.63) is 71.3 Å². The Labute approximate surface area is 167 Å². The van der Waals surface area contributed by atoms with Gasteiger partial charge in [-0.2, -0.15) is 0 Å². The van der Waals surface area contributed by atoms with Gasteiger partial charge >= 0.3 is 0 Å². The van der Waals surface area contributed by atoms with Crippen molar-refractivity contribution in [1.29, 1.82) is 0 Å². The van der Waals surface area contributed by atoms with Crippen molar-refractivity contribution in [2.75, 3.05) is 13.1 Å². The van der Waals surface area contributed by atoms with Crippen molar-refractivity contribution >= 4 is 22.2 Å². The fourth-order valence-electron chi connectivity index (χ4n) is 4.53. The molecule has 1 aliphatic heterocycles. The summed E-state index contributed by atoms with van der Waals surface area (Å²) in [6.45, 7) is -0.211. The molecule has 0 saturated carbocycles. The lowest BCUT2D eigenvalue weighted by atomic mass is 9.88. The molecule has 0 radical (unpaired) electrons. The molecule has 1 aliphatic carbocycles. The number of likely N-dealkylation sites (tertiary alicyclic amines) is 1. The Kier molecular flexibility index (Phi) is 4.32. The number of hydrogen-bond acceptors (Lipinski definition) is 3. The van der Waals surface area contributed by atoms with Crippen LogP contribution in [0.5, 0.6) is 0 Å².